The molecular formula is C15H21N5O. The fourth-order valence-corrected chi connectivity index (χ4v) is 2.65. The molecule has 0 aliphatic carbocycles. The van der Waals surface area contributed by atoms with Gasteiger partial charge in [-0.25, -0.2) is 4.68 Å². The maximum Gasteiger partial charge on any atom is 0.143 e. The van der Waals surface area contributed by atoms with E-state index in [1.807, 2.05) is 12.1 Å². The van der Waals surface area contributed by atoms with Gasteiger partial charge in [0.25, 0.3) is 0 Å². The molecule has 2 aromatic rings. The zero-order valence-corrected chi connectivity index (χ0v) is 12.4. The predicted molar refractivity (Wildman–Crippen MR) is 80.4 cm³/mol. The molecule has 1 aromatic heterocycles. The first kappa shape index (κ1) is 14.0. The van der Waals surface area contributed by atoms with Crippen LogP contribution >= 0.6 is 0 Å². The van der Waals surface area contributed by atoms with E-state index in [1.54, 1.807) is 11.0 Å². The van der Waals surface area contributed by atoms with Crippen molar-refractivity contribution in [1.29, 1.82) is 0 Å². The van der Waals surface area contributed by atoms with Crippen molar-refractivity contribution in [3.63, 3.8) is 0 Å². The number of tetrazole rings is 1. The average Bonchev–Trinajstić information content (AvgIpc) is 3.02. The van der Waals surface area contributed by atoms with Crippen molar-refractivity contribution in [3.05, 3.63) is 30.6 Å². The van der Waals surface area contributed by atoms with Crippen LogP contribution in [0.5, 0.6) is 0 Å². The first-order chi connectivity index (χ1) is 10.2. The molecule has 1 saturated heterocycles. The lowest BCUT2D eigenvalue weighted by atomic mass is 9.95. The second-order valence-corrected chi connectivity index (χ2v) is 5.82. The minimum Gasteiger partial charge on any atom is -0.382 e. The second kappa shape index (κ2) is 6.22. The van der Waals surface area contributed by atoms with Crippen LogP contribution in [-0.4, -0.2) is 39.0 Å². The van der Waals surface area contributed by atoms with Crippen molar-refractivity contribution in [2.45, 2.75) is 38.8 Å². The number of rotatable bonds is 4. The Morgan fingerprint density at radius 2 is 2.10 bits per heavy atom. The van der Waals surface area contributed by atoms with Crippen LogP contribution in [0.25, 0.3) is 5.69 Å². The highest BCUT2D eigenvalue weighted by Gasteiger charge is 2.24. The van der Waals surface area contributed by atoms with Crippen molar-refractivity contribution in [3.8, 4) is 5.69 Å². The number of nitrogens with one attached hydrogen (secondary N) is 1. The predicted octanol–water partition coefficient (Wildman–Crippen LogP) is 2.28. The third-order valence-corrected chi connectivity index (χ3v) is 3.91. The van der Waals surface area contributed by atoms with Crippen LogP contribution < -0.4 is 5.32 Å². The highest BCUT2D eigenvalue weighted by molar-refractivity contribution is 5.49. The highest BCUT2D eigenvalue weighted by Crippen LogP contribution is 2.23. The Labute approximate surface area is 124 Å². The van der Waals surface area contributed by atoms with Gasteiger partial charge in [-0.1, -0.05) is 13.8 Å². The van der Waals surface area contributed by atoms with E-state index >= 15 is 0 Å². The Morgan fingerprint density at radius 1 is 1.29 bits per heavy atom. The summed E-state index contributed by atoms with van der Waals surface area (Å²) in [5, 5.41) is 14.8. The summed E-state index contributed by atoms with van der Waals surface area (Å²) in [6.45, 7) is 5.27. The summed E-state index contributed by atoms with van der Waals surface area (Å²) < 4.78 is 7.46. The summed E-state index contributed by atoms with van der Waals surface area (Å²) in [5.74, 6) is 0.566. The standard InChI is InChI=1S/C15H21N5O/c1-11(2)15-9-13(7-8-21-15)17-12-3-5-14(6-4-12)20-10-16-18-19-20/h3-6,10-11,13,15,17H,7-9H2,1-2H3. The number of hydrogen-bond donors (Lipinski definition) is 1. The Bertz CT molecular complexity index is 552. The first-order valence-corrected chi connectivity index (χ1v) is 7.44. The molecule has 1 fully saturated rings. The molecule has 0 amide bonds. The summed E-state index contributed by atoms with van der Waals surface area (Å²) in [6.07, 6.45) is 4.06. The van der Waals surface area contributed by atoms with E-state index in [4.69, 9.17) is 4.74 Å². The van der Waals surface area contributed by atoms with Gasteiger partial charge in [0.05, 0.1) is 11.8 Å². The third kappa shape index (κ3) is 3.39. The number of ether oxygens (including phenoxy) is 1. The largest absolute Gasteiger partial charge is 0.382 e. The van der Waals surface area contributed by atoms with Gasteiger partial charge in [-0.2, -0.15) is 0 Å². The molecule has 112 valence electrons. The minimum absolute atomic E-state index is 0.358. The second-order valence-electron chi connectivity index (χ2n) is 5.82. The molecule has 1 aromatic carbocycles. The van der Waals surface area contributed by atoms with Crippen LogP contribution in [0, 0.1) is 5.92 Å². The van der Waals surface area contributed by atoms with E-state index in [2.05, 4.69) is 46.8 Å². The van der Waals surface area contributed by atoms with Crippen molar-refractivity contribution in [1.82, 2.24) is 20.2 Å². The Balaban J connectivity index is 1.62. The van der Waals surface area contributed by atoms with Gasteiger partial charge in [0.1, 0.15) is 6.33 Å². The smallest absolute Gasteiger partial charge is 0.143 e. The van der Waals surface area contributed by atoms with Crippen LogP contribution in [0.1, 0.15) is 26.7 Å². The number of nitrogens with zero attached hydrogens (tertiary/aromatic N) is 4. The van der Waals surface area contributed by atoms with E-state index in [0.29, 0.717) is 18.1 Å². The van der Waals surface area contributed by atoms with Gasteiger partial charge in [0.15, 0.2) is 0 Å². The fraction of sp³-hybridized carbons (Fsp3) is 0.533. The van der Waals surface area contributed by atoms with Crippen LogP contribution in [0.3, 0.4) is 0 Å². The van der Waals surface area contributed by atoms with Crippen molar-refractivity contribution >= 4 is 5.69 Å². The Hall–Kier alpha value is -1.95. The Kier molecular flexibility index (Phi) is 4.15. The molecular weight excluding hydrogens is 266 g/mol. The highest BCUT2D eigenvalue weighted by atomic mass is 16.5. The molecule has 6 nitrogen and oxygen atoms in total. The molecule has 0 bridgehead atoms. The van der Waals surface area contributed by atoms with Crippen LogP contribution in [0.4, 0.5) is 5.69 Å². The van der Waals surface area contributed by atoms with E-state index in [1.165, 1.54) is 0 Å². The zero-order chi connectivity index (χ0) is 14.7. The molecule has 0 radical (unpaired) electrons. The lowest BCUT2D eigenvalue weighted by Crippen LogP contribution is -2.36. The number of anilines is 1. The molecule has 3 rings (SSSR count). The van der Waals surface area contributed by atoms with Crippen molar-refractivity contribution in [2.24, 2.45) is 5.92 Å². The van der Waals surface area contributed by atoms with Crippen LogP contribution in [0.15, 0.2) is 30.6 Å². The van der Waals surface area contributed by atoms with Gasteiger partial charge in [-0.05, 0) is 53.5 Å². The van der Waals surface area contributed by atoms with E-state index in [-0.39, 0.29) is 0 Å². The number of benzene rings is 1. The first-order valence-electron chi connectivity index (χ1n) is 7.44. The van der Waals surface area contributed by atoms with Crippen LogP contribution in [0.2, 0.25) is 0 Å². The SMILES string of the molecule is CC(C)C1CC(Nc2ccc(-n3cnnn3)cc2)CCO1. The molecule has 2 atom stereocenters. The van der Waals surface area contributed by atoms with Gasteiger partial charge in [-0.3, -0.25) is 0 Å². The maximum absolute atomic E-state index is 5.81. The molecule has 1 aliphatic rings. The summed E-state index contributed by atoms with van der Waals surface area (Å²) in [5.41, 5.74) is 2.08. The van der Waals surface area contributed by atoms with E-state index < -0.39 is 0 Å². The summed E-state index contributed by atoms with van der Waals surface area (Å²) >= 11 is 0. The molecule has 0 saturated carbocycles. The summed E-state index contributed by atoms with van der Waals surface area (Å²) in [7, 11) is 0. The monoisotopic (exact) mass is 287 g/mol. The number of hydrogen-bond acceptors (Lipinski definition) is 5. The van der Waals surface area contributed by atoms with Gasteiger partial charge < -0.3 is 10.1 Å². The van der Waals surface area contributed by atoms with Crippen LogP contribution in [-0.2, 0) is 4.74 Å². The lowest BCUT2D eigenvalue weighted by molar-refractivity contribution is -0.0160. The molecule has 21 heavy (non-hydrogen) atoms. The van der Waals surface area contributed by atoms with Gasteiger partial charge in [0, 0.05) is 18.3 Å². The normalized spacial score (nSPS) is 22.4. The van der Waals surface area contributed by atoms with Crippen molar-refractivity contribution < 1.29 is 4.74 Å². The fourth-order valence-electron chi connectivity index (χ4n) is 2.65. The summed E-state index contributed by atoms with van der Waals surface area (Å²) in [4.78, 5) is 0. The minimum atomic E-state index is 0.358. The molecule has 1 aliphatic heterocycles. The maximum atomic E-state index is 5.81. The van der Waals surface area contributed by atoms with E-state index in [9.17, 15) is 0 Å². The van der Waals surface area contributed by atoms with Gasteiger partial charge in [0.2, 0.25) is 0 Å². The van der Waals surface area contributed by atoms with Gasteiger partial charge >= 0.3 is 0 Å². The zero-order valence-electron chi connectivity index (χ0n) is 12.4. The molecule has 2 unspecified atom stereocenters. The summed E-state index contributed by atoms with van der Waals surface area (Å²) in [6, 6.07) is 8.63. The average molecular weight is 287 g/mol. The molecule has 1 N–H and O–H groups in total. The quantitative estimate of drug-likeness (QED) is 0.934. The molecule has 6 heteroatoms. The van der Waals surface area contributed by atoms with E-state index in [0.717, 1.165) is 30.8 Å². The number of aromatic nitrogens is 4. The molecule has 0 spiro atoms. The topological polar surface area (TPSA) is 64.9 Å². The Morgan fingerprint density at radius 3 is 2.76 bits per heavy atom. The lowest BCUT2D eigenvalue weighted by Gasteiger charge is -2.33. The van der Waals surface area contributed by atoms with Crippen molar-refractivity contribution in [2.75, 3.05) is 11.9 Å². The van der Waals surface area contributed by atoms with Gasteiger partial charge in [-0.15, -0.1) is 5.10 Å². The third-order valence-electron chi connectivity index (χ3n) is 3.91. The molecule has 2 heterocycles.